The lowest BCUT2D eigenvalue weighted by Crippen LogP contribution is -2.26. The Balaban J connectivity index is 0.000000232. The first kappa shape index (κ1) is 29.5. The number of ether oxygens (including phenoxy) is 3. The highest BCUT2D eigenvalue weighted by molar-refractivity contribution is 6.30. The van der Waals surface area contributed by atoms with Gasteiger partial charge >= 0.3 is 11.9 Å². The Morgan fingerprint density at radius 1 is 0.750 bits per heavy atom. The molecule has 0 aromatic heterocycles. The Hall–Kier alpha value is -5.72. The average molecular weight is 864 g/mol. The predicted molar refractivity (Wildman–Crippen MR) is 242 cm³/mol. The Labute approximate surface area is 381 Å². The van der Waals surface area contributed by atoms with Crippen LogP contribution in [0.2, 0.25) is 10.0 Å². The van der Waals surface area contributed by atoms with Gasteiger partial charge in [-0.3, -0.25) is 0 Å². The molecule has 0 amide bonds. The number of nitrogens with two attached hydrogens (primary N) is 1. The highest BCUT2D eigenvalue weighted by atomic mass is 35.5. The monoisotopic (exact) mass is 862 g/mol. The molecule has 7 rings (SSSR count). The Kier molecular flexibility index (Phi) is 11.7. The maximum atomic E-state index is 11.9. The van der Waals surface area contributed by atoms with Crippen molar-refractivity contribution < 1.29 is 48.1 Å². The summed E-state index contributed by atoms with van der Waals surface area (Å²) in [6.45, 7) is -16.1. The molecule has 0 saturated carbocycles. The van der Waals surface area contributed by atoms with E-state index in [1.54, 1.807) is 103 Å². The third-order valence-electron chi connectivity index (χ3n) is 8.14. The van der Waals surface area contributed by atoms with Gasteiger partial charge in [-0.15, -0.1) is 0 Å². The van der Waals surface area contributed by atoms with E-state index < -0.39 is 63.1 Å². The van der Waals surface area contributed by atoms with Crippen LogP contribution in [-0.4, -0.2) is 70.3 Å². The van der Waals surface area contributed by atoms with Crippen molar-refractivity contribution in [3.05, 3.63) is 178 Å². The Morgan fingerprint density at radius 2 is 1.23 bits per heavy atom. The van der Waals surface area contributed by atoms with E-state index in [1.807, 2.05) is 11.4 Å². The molecule has 1 aliphatic heterocycles. The number of rotatable bonds is 15. The molecule has 0 bridgehead atoms. The molecule has 312 valence electrons. The number of carbonyl (C=O) groups excluding carboxylic acids is 2. The minimum absolute atomic E-state index is 0.135. The minimum atomic E-state index is -3.15. The standard InChI is InChI=1S/C24H25ClN2O3.C16H18N2O2.C8H7ClO/c1-30-24(29)20-8-2-5-17(13-20)18-6-4-10-22(15-18)27-12-11-26-16-23(28)19-7-3-9-21(25)14-19;1-20-16(19)14-6-2-4-12(10-14)13-5-3-7-15(11-13)18-9-8-17;9-7-3-1-2-6(4-7)8-5-10-8/h2-10,13-15,23,26-28H,11-12,16H2,1H3;2-7,10-11,18H,8-9,17H2,1H3;1-4,8H,5H2/t23-;;/m0../s1/i11D2,12D2,16D2,23D;8D2,9D2;5D2,8D. The molecule has 6 N–H and O–H groups in total. The molecule has 0 radical (unpaired) electrons. The predicted octanol–water partition coefficient (Wildman–Crippen LogP) is 9.45. The summed E-state index contributed by atoms with van der Waals surface area (Å²) in [5.41, 5.74) is 9.39. The topological polar surface area (TPSA) is 147 Å². The molecule has 12 heteroatoms. The molecule has 60 heavy (non-hydrogen) atoms. The normalized spacial score (nSPS) is 20.2. The third-order valence-corrected chi connectivity index (χ3v) is 8.61. The summed E-state index contributed by atoms with van der Waals surface area (Å²) in [7, 11) is 2.57. The van der Waals surface area contributed by atoms with E-state index >= 15 is 0 Å². The van der Waals surface area contributed by atoms with Crippen LogP contribution in [0.3, 0.4) is 0 Å². The van der Waals surface area contributed by atoms with Crippen LogP contribution in [0.15, 0.2) is 146 Å². The van der Waals surface area contributed by atoms with Gasteiger partial charge in [-0.05, 0) is 106 Å². The lowest BCUT2D eigenvalue weighted by Gasteiger charge is -2.13. The number of anilines is 2. The van der Waals surface area contributed by atoms with Gasteiger partial charge in [0, 0.05) is 62.1 Å². The van der Waals surface area contributed by atoms with Crippen molar-refractivity contribution in [2.45, 2.75) is 12.2 Å². The van der Waals surface area contributed by atoms with Gasteiger partial charge in [-0.2, -0.15) is 0 Å². The summed E-state index contributed by atoms with van der Waals surface area (Å²) in [6, 6.07) is 38.3. The first-order valence-electron chi connectivity index (χ1n) is 24.9. The number of esters is 2. The van der Waals surface area contributed by atoms with E-state index in [4.69, 9.17) is 57.6 Å². The van der Waals surface area contributed by atoms with Crippen molar-refractivity contribution in [2.75, 3.05) is 63.9 Å². The smallest absolute Gasteiger partial charge is 0.337 e. The van der Waals surface area contributed by atoms with Gasteiger partial charge in [0.25, 0.3) is 0 Å². The highest BCUT2D eigenvalue weighted by Crippen LogP contribution is 2.31. The molecule has 0 aliphatic carbocycles. The van der Waals surface area contributed by atoms with Gasteiger partial charge in [-0.1, -0.05) is 96.0 Å². The molecule has 1 heterocycles. The largest absolute Gasteiger partial charge is 0.465 e. The minimum Gasteiger partial charge on any atom is -0.465 e. The van der Waals surface area contributed by atoms with Crippen LogP contribution in [0, 0.1) is 0 Å². The van der Waals surface area contributed by atoms with E-state index in [2.05, 4.69) is 15.4 Å². The molecule has 2 atom stereocenters. The molecule has 0 spiro atoms. The van der Waals surface area contributed by atoms with Crippen LogP contribution in [0.25, 0.3) is 22.3 Å². The SMILES string of the molecule is [2H]C([2H])(N)C([2H])([2H])Nc1cccc(-c2cccc(C(=O)OC)c2)c1.[2H]C([2H])(Nc1cccc(-c2cccc(C(=O)OC)c2)c1)C([2H])([2H])NC([2H])([2H])[C@]([2H])(O)c1cccc(Cl)c1.[2H]C1([2H])OC1([2H])c1cccc(Cl)c1. The number of halogens is 2. The van der Waals surface area contributed by atoms with E-state index in [1.165, 1.54) is 44.6 Å². The Morgan fingerprint density at radius 3 is 1.73 bits per heavy atom. The fourth-order valence-corrected chi connectivity index (χ4v) is 5.64. The maximum absolute atomic E-state index is 11.9. The number of hydrogen-bond acceptors (Lipinski definition) is 10. The van der Waals surface area contributed by atoms with Crippen LogP contribution in [0.4, 0.5) is 11.4 Å². The molecular formula is C48H50Cl2N4O6. The summed E-state index contributed by atoms with van der Waals surface area (Å²) in [5.74, 6) is -0.966. The number of nitrogens with one attached hydrogen (secondary N) is 3. The number of benzene rings is 6. The van der Waals surface area contributed by atoms with Gasteiger partial charge in [0.05, 0.1) is 49.0 Å². The third kappa shape index (κ3) is 14.5. The molecule has 1 aliphatic rings. The van der Waals surface area contributed by atoms with Gasteiger partial charge < -0.3 is 41.0 Å². The van der Waals surface area contributed by atoms with Gasteiger partial charge in [0.15, 0.2) is 0 Å². The van der Waals surface area contributed by atoms with E-state index in [9.17, 15) is 14.7 Å². The second-order valence-electron chi connectivity index (χ2n) is 12.2. The zero-order valence-electron chi connectivity index (χ0n) is 46.2. The lowest BCUT2D eigenvalue weighted by molar-refractivity contribution is 0.0592. The van der Waals surface area contributed by atoms with Crippen LogP contribution in [0.1, 0.15) is 63.2 Å². The maximum Gasteiger partial charge on any atom is 0.337 e. The van der Waals surface area contributed by atoms with Gasteiger partial charge in [0.1, 0.15) is 6.08 Å². The number of carbonyl (C=O) groups is 2. The Bertz CT molecular complexity index is 2970. The zero-order valence-corrected chi connectivity index (χ0v) is 33.7. The van der Waals surface area contributed by atoms with E-state index in [-0.39, 0.29) is 16.3 Å². The zero-order chi connectivity index (χ0) is 55.3. The summed E-state index contributed by atoms with van der Waals surface area (Å²) in [6.07, 6.45) is -4.58. The summed E-state index contributed by atoms with van der Waals surface area (Å²) in [4.78, 5) is 23.5. The fourth-order valence-electron chi connectivity index (χ4n) is 5.25. The molecule has 1 unspecified atom stereocenters. The quantitative estimate of drug-likeness (QED) is 0.0500. The van der Waals surface area contributed by atoms with Crippen LogP contribution in [-0.2, 0) is 14.2 Å². The molecule has 1 saturated heterocycles. The summed E-state index contributed by atoms with van der Waals surface area (Å²) in [5, 5.41) is 17.9. The first-order valence-corrected chi connectivity index (χ1v) is 18.6. The van der Waals surface area contributed by atoms with Crippen LogP contribution in [0.5, 0.6) is 0 Å². The number of methoxy groups -OCH3 is 2. The lowest BCUT2D eigenvalue weighted by atomic mass is 10.0. The van der Waals surface area contributed by atoms with Crippen molar-refractivity contribution in [1.82, 2.24) is 5.32 Å². The summed E-state index contributed by atoms with van der Waals surface area (Å²) >= 11 is 11.6. The van der Waals surface area contributed by atoms with Crippen molar-refractivity contribution in [3.8, 4) is 22.3 Å². The molecule has 6 aromatic rings. The number of hydrogen-bond donors (Lipinski definition) is 5. The second-order valence-corrected chi connectivity index (χ2v) is 13.1. The molecule has 10 nitrogen and oxygen atoms in total. The van der Waals surface area contributed by atoms with Gasteiger partial charge in [-0.25, -0.2) is 9.59 Å². The van der Waals surface area contributed by atoms with Crippen LogP contribution < -0.4 is 21.7 Å². The number of aliphatic hydroxyl groups is 1. The second kappa shape index (κ2) is 23.8. The van der Waals surface area contributed by atoms with E-state index in [0.717, 1.165) is 17.2 Å². The molecule has 1 fully saturated rings. The highest BCUT2D eigenvalue weighted by Gasteiger charge is 2.24. The average Bonchev–Trinajstić information content (AvgIpc) is 3.87. The summed E-state index contributed by atoms with van der Waals surface area (Å²) < 4.78 is 124. The van der Waals surface area contributed by atoms with Crippen molar-refractivity contribution in [2.24, 2.45) is 5.73 Å². The fraction of sp³-hybridized carbons (Fsp3) is 0.208. The first-order chi connectivity index (χ1) is 34.2. The molecular weight excluding hydrogens is 799 g/mol. The molecule has 6 aromatic carbocycles. The van der Waals surface area contributed by atoms with Crippen LogP contribution >= 0.6 is 23.2 Å². The van der Waals surface area contributed by atoms with Gasteiger partial charge in [0.2, 0.25) is 0 Å². The van der Waals surface area contributed by atoms with Crippen molar-refractivity contribution in [1.29, 1.82) is 0 Å². The number of epoxide rings is 1. The van der Waals surface area contributed by atoms with E-state index in [0.29, 0.717) is 38.5 Å². The van der Waals surface area contributed by atoms with Crippen molar-refractivity contribution in [3.63, 3.8) is 0 Å². The van der Waals surface area contributed by atoms with Crippen molar-refractivity contribution >= 4 is 46.5 Å².